The van der Waals surface area contributed by atoms with Crippen LogP contribution in [0.15, 0.2) is 23.1 Å². The lowest BCUT2D eigenvalue weighted by Gasteiger charge is -2.30. The lowest BCUT2D eigenvalue weighted by molar-refractivity contribution is 0.309. The second-order valence-electron chi connectivity index (χ2n) is 6.73. The first kappa shape index (κ1) is 19.1. The Kier molecular flexibility index (Phi) is 6.22. The minimum Gasteiger partial charge on any atom is -0.359 e. The van der Waals surface area contributed by atoms with Crippen LogP contribution in [0.3, 0.4) is 0 Å². The Morgan fingerprint density at radius 1 is 1.25 bits per heavy atom. The summed E-state index contributed by atoms with van der Waals surface area (Å²) < 4.78 is 26.0. The summed E-state index contributed by atoms with van der Waals surface area (Å²) in [5, 5.41) is 7.05. The molecule has 0 bridgehead atoms. The third-order valence-corrected chi connectivity index (χ3v) is 6.81. The fourth-order valence-electron chi connectivity index (χ4n) is 3.02. The number of hydrogen-bond acceptors (Lipinski definition) is 3. The van der Waals surface area contributed by atoms with E-state index in [4.69, 9.17) is 12.2 Å². The SMILES string of the molecule is Cc1ccc(NC(=S)N[C@@H]2CCCC[C@H]2C)cc1S(=O)(=O)N(C)C. The normalized spacial score (nSPS) is 21.5. The van der Waals surface area contributed by atoms with Crippen molar-refractivity contribution >= 4 is 33.0 Å². The zero-order valence-electron chi connectivity index (χ0n) is 14.8. The molecule has 2 atom stereocenters. The van der Waals surface area contributed by atoms with Crippen molar-refractivity contribution in [3.8, 4) is 0 Å². The molecule has 24 heavy (non-hydrogen) atoms. The zero-order chi connectivity index (χ0) is 17.9. The van der Waals surface area contributed by atoms with Crippen LogP contribution in [-0.4, -0.2) is 38.0 Å². The van der Waals surface area contributed by atoms with Crippen LogP contribution >= 0.6 is 12.2 Å². The van der Waals surface area contributed by atoms with Crippen LogP contribution < -0.4 is 10.6 Å². The fourth-order valence-corrected chi connectivity index (χ4v) is 4.43. The Balaban J connectivity index is 2.11. The third-order valence-electron chi connectivity index (χ3n) is 4.63. The Morgan fingerprint density at radius 3 is 2.54 bits per heavy atom. The van der Waals surface area contributed by atoms with E-state index >= 15 is 0 Å². The maximum absolute atomic E-state index is 12.4. The van der Waals surface area contributed by atoms with Gasteiger partial charge in [0.25, 0.3) is 0 Å². The first-order valence-electron chi connectivity index (χ1n) is 8.32. The molecule has 1 aliphatic carbocycles. The monoisotopic (exact) mass is 369 g/mol. The lowest BCUT2D eigenvalue weighted by atomic mass is 9.86. The van der Waals surface area contributed by atoms with E-state index in [1.54, 1.807) is 19.1 Å². The molecule has 134 valence electrons. The van der Waals surface area contributed by atoms with E-state index < -0.39 is 10.0 Å². The largest absolute Gasteiger partial charge is 0.359 e. The van der Waals surface area contributed by atoms with Crippen molar-refractivity contribution in [2.24, 2.45) is 5.92 Å². The van der Waals surface area contributed by atoms with Crippen molar-refractivity contribution < 1.29 is 8.42 Å². The maximum atomic E-state index is 12.4. The smallest absolute Gasteiger partial charge is 0.242 e. The summed E-state index contributed by atoms with van der Waals surface area (Å²) in [4.78, 5) is 0.298. The standard InChI is InChI=1S/C17H27N3O2S2/c1-12-7-5-6-8-15(12)19-17(23)18-14-10-9-13(2)16(11-14)24(21,22)20(3)4/h9-12,15H,5-8H2,1-4H3,(H2,18,19,23)/t12-,15-/m1/s1. The Hall–Kier alpha value is -1.18. The van der Waals surface area contributed by atoms with Gasteiger partial charge in [0, 0.05) is 25.8 Å². The Labute approximate surface area is 150 Å². The molecule has 1 aromatic carbocycles. The first-order chi connectivity index (χ1) is 11.2. The van der Waals surface area contributed by atoms with Crippen molar-refractivity contribution in [2.75, 3.05) is 19.4 Å². The Morgan fingerprint density at radius 2 is 1.92 bits per heavy atom. The number of nitrogens with one attached hydrogen (secondary N) is 2. The van der Waals surface area contributed by atoms with Crippen LogP contribution in [0, 0.1) is 12.8 Å². The second kappa shape index (κ2) is 7.80. The van der Waals surface area contributed by atoms with Crippen molar-refractivity contribution in [3.05, 3.63) is 23.8 Å². The summed E-state index contributed by atoms with van der Waals surface area (Å²) in [6.45, 7) is 4.04. The molecule has 1 aromatic rings. The molecule has 0 unspecified atom stereocenters. The molecule has 0 aliphatic heterocycles. The van der Waals surface area contributed by atoms with Gasteiger partial charge in [-0.2, -0.15) is 0 Å². The van der Waals surface area contributed by atoms with Crippen LogP contribution in [0.5, 0.6) is 0 Å². The highest BCUT2D eigenvalue weighted by Crippen LogP contribution is 2.25. The van der Waals surface area contributed by atoms with Crippen molar-refractivity contribution in [1.82, 2.24) is 9.62 Å². The topological polar surface area (TPSA) is 61.4 Å². The van der Waals surface area contributed by atoms with E-state index in [2.05, 4.69) is 17.6 Å². The molecule has 5 nitrogen and oxygen atoms in total. The molecule has 0 amide bonds. The highest BCUT2D eigenvalue weighted by Gasteiger charge is 2.23. The van der Waals surface area contributed by atoms with Crippen LogP contribution in [0.1, 0.15) is 38.2 Å². The molecule has 0 heterocycles. The average Bonchev–Trinajstić information content (AvgIpc) is 2.51. The van der Waals surface area contributed by atoms with Gasteiger partial charge in [-0.15, -0.1) is 0 Å². The summed E-state index contributed by atoms with van der Waals surface area (Å²) in [5.74, 6) is 0.598. The van der Waals surface area contributed by atoms with Gasteiger partial charge in [-0.3, -0.25) is 0 Å². The number of hydrogen-bond donors (Lipinski definition) is 2. The second-order valence-corrected chi connectivity index (χ2v) is 9.26. The van der Waals surface area contributed by atoms with Gasteiger partial charge in [0.1, 0.15) is 0 Å². The van der Waals surface area contributed by atoms with Crippen LogP contribution in [0.4, 0.5) is 5.69 Å². The molecule has 0 spiro atoms. The fraction of sp³-hybridized carbons (Fsp3) is 0.588. The predicted octanol–water partition coefficient (Wildman–Crippen LogP) is 3.11. The molecular weight excluding hydrogens is 342 g/mol. The van der Waals surface area contributed by atoms with Gasteiger partial charge in [0.05, 0.1) is 4.90 Å². The number of anilines is 1. The molecule has 1 saturated carbocycles. The number of rotatable bonds is 4. The van der Waals surface area contributed by atoms with Crippen LogP contribution in [0.25, 0.3) is 0 Å². The quantitative estimate of drug-likeness (QED) is 0.799. The van der Waals surface area contributed by atoms with Gasteiger partial charge in [-0.25, -0.2) is 12.7 Å². The lowest BCUT2D eigenvalue weighted by Crippen LogP contribution is -2.43. The van der Waals surface area contributed by atoms with Crippen molar-refractivity contribution in [2.45, 2.75) is 50.5 Å². The maximum Gasteiger partial charge on any atom is 0.242 e. The van der Waals surface area contributed by atoms with Crippen LogP contribution in [-0.2, 0) is 10.0 Å². The summed E-state index contributed by atoms with van der Waals surface area (Å²) in [6, 6.07) is 5.67. The highest BCUT2D eigenvalue weighted by atomic mass is 32.2. The summed E-state index contributed by atoms with van der Waals surface area (Å²) in [7, 11) is -0.406. The number of sulfonamides is 1. The van der Waals surface area contributed by atoms with Crippen LogP contribution in [0.2, 0.25) is 0 Å². The molecule has 1 fully saturated rings. The van der Waals surface area contributed by atoms with E-state index in [1.165, 1.54) is 37.7 Å². The van der Waals surface area contributed by atoms with E-state index in [-0.39, 0.29) is 0 Å². The summed E-state index contributed by atoms with van der Waals surface area (Å²) in [6.07, 6.45) is 4.84. The van der Waals surface area contributed by atoms with Gasteiger partial charge in [0.15, 0.2) is 5.11 Å². The van der Waals surface area contributed by atoms with Crippen molar-refractivity contribution in [3.63, 3.8) is 0 Å². The van der Waals surface area contributed by atoms with Gasteiger partial charge in [0.2, 0.25) is 10.0 Å². The minimum atomic E-state index is -3.47. The number of thiocarbonyl (C=S) groups is 1. The van der Waals surface area contributed by atoms with Gasteiger partial charge < -0.3 is 10.6 Å². The molecular formula is C17H27N3O2S2. The van der Waals surface area contributed by atoms with E-state index in [0.717, 1.165) is 6.42 Å². The van der Waals surface area contributed by atoms with E-state index in [1.807, 2.05) is 6.07 Å². The minimum absolute atomic E-state index is 0.298. The number of benzene rings is 1. The van der Waals surface area contributed by atoms with E-state index in [9.17, 15) is 8.42 Å². The number of aryl methyl sites for hydroxylation is 1. The Bertz CT molecular complexity index is 702. The van der Waals surface area contributed by atoms with E-state index in [0.29, 0.717) is 33.2 Å². The molecule has 0 saturated heterocycles. The van der Waals surface area contributed by atoms with Gasteiger partial charge in [-0.05, 0) is 55.6 Å². The summed E-state index contributed by atoms with van der Waals surface area (Å²) >= 11 is 5.41. The predicted molar refractivity (Wildman–Crippen MR) is 103 cm³/mol. The molecule has 7 heteroatoms. The highest BCUT2D eigenvalue weighted by molar-refractivity contribution is 7.89. The van der Waals surface area contributed by atoms with Gasteiger partial charge in [-0.1, -0.05) is 25.8 Å². The molecule has 0 aromatic heterocycles. The van der Waals surface area contributed by atoms with Gasteiger partial charge >= 0.3 is 0 Å². The number of nitrogens with zero attached hydrogens (tertiary/aromatic N) is 1. The molecule has 2 N–H and O–H groups in total. The molecule has 0 radical (unpaired) electrons. The average molecular weight is 370 g/mol. The third kappa shape index (κ3) is 4.46. The summed E-state index contributed by atoms with van der Waals surface area (Å²) in [5.41, 5.74) is 1.40. The molecule has 2 rings (SSSR count). The first-order valence-corrected chi connectivity index (χ1v) is 10.2. The zero-order valence-corrected chi connectivity index (χ0v) is 16.4. The van der Waals surface area contributed by atoms with Crippen molar-refractivity contribution in [1.29, 1.82) is 0 Å². The molecule has 1 aliphatic rings.